The van der Waals surface area contributed by atoms with E-state index in [1.807, 2.05) is 0 Å². The van der Waals surface area contributed by atoms with Crippen LogP contribution in [0.5, 0.6) is 5.75 Å². The first-order chi connectivity index (χ1) is 9.86. The van der Waals surface area contributed by atoms with Gasteiger partial charge in [-0.2, -0.15) is 4.31 Å². The first-order valence-electron chi connectivity index (χ1n) is 5.94. The molecular weight excluding hydrogens is 360 g/mol. The largest absolute Gasteiger partial charge is 0.495 e. The molecular formula is C12H15BrN4O3S. The number of nitrogens with zero attached hydrogens (tertiary/aromatic N) is 2. The fourth-order valence-electron chi connectivity index (χ4n) is 1.76. The third kappa shape index (κ3) is 3.20. The lowest BCUT2D eigenvalue weighted by molar-refractivity contribution is 0.397. The number of aromatic nitrogens is 2. The van der Waals surface area contributed by atoms with E-state index in [0.717, 1.165) is 0 Å². The maximum atomic E-state index is 12.6. The van der Waals surface area contributed by atoms with Gasteiger partial charge in [-0.05, 0) is 28.1 Å². The molecule has 0 atom stereocenters. The summed E-state index contributed by atoms with van der Waals surface area (Å²) in [5.74, 6) is 0.771. The van der Waals surface area contributed by atoms with Gasteiger partial charge in [0, 0.05) is 29.6 Å². The minimum Gasteiger partial charge on any atom is -0.495 e. The quantitative estimate of drug-likeness (QED) is 0.773. The molecule has 0 aliphatic carbocycles. The van der Waals surface area contributed by atoms with Crippen LogP contribution in [-0.4, -0.2) is 36.8 Å². The van der Waals surface area contributed by atoms with E-state index in [0.29, 0.717) is 16.0 Å². The first-order valence-corrected chi connectivity index (χ1v) is 8.17. The van der Waals surface area contributed by atoms with Crippen LogP contribution in [0.25, 0.3) is 0 Å². The number of halogens is 1. The highest BCUT2D eigenvalue weighted by atomic mass is 79.9. The number of methoxy groups -OCH3 is 1. The molecule has 0 spiro atoms. The van der Waals surface area contributed by atoms with Gasteiger partial charge in [-0.25, -0.2) is 13.4 Å². The third-order valence-electron chi connectivity index (χ3n) is 2.90. The Balaban J connectivity index is 2.41. The number of aromatic amines is 1. The molecule has 9 heteroatoms. The molecule has 1 aromatic carbocycles. The minimum atomic E-state index is -3.75. The van der Waals surface area contributed by atoms with Crippen LogP contribution >= 0.6 is 15.9 Å². The maximum Gasteiger partial charge on any atom is 0.246 e. The number of nitrogens with one attached hydrogen (secondary N) is 1. The third-order valence-corrected chi connectivity index (χ3v) is 5.41. The van der Waals surface area contributed by atoms with Crippen LogP contribution in [0.4, 0.5) is 5.69 Å². The standard InChI is InChI=1S/C12H15BrN4O3S/c1-17(7-12-15-3-4-16-12)21(18,19)11-6-9(14)8(13)5-10(11)20-2/h3-6H,7,14H2,1-2H3,(H,15,16). The Morgan fingerprint density at radius 2 is 2.19 bits per heavy atom. The fraction of sp³-hybridized carbons (Fsp3) is 0.250. The summed E-state index contributed by atoms with van der Waals surface area (Å²) in [6, 6.07) is 2.90. The van der Waals surface area contributed by atoms with E-state index < -0.39 is 10.0 Å². The van der Waals surface area contributed by atoms with Crippen LogP contribution in [0.15, 0.2) is 33.9 Å². The molecule has 0 radical (unpaired) electrons. The summed E-state index contributed by atoms with van der Waals surface area (Å²) in [4.78, 5) is 6.89. The Morgan fingerprint density at radius 3 is 2.76 bits per heavy atom. The monoisotopic (exact) mass is 374 g/mol. The van der Waals surface area contributed by atoms with Crippen LogP contribution in [-0.2, 0) is 16.6 Å². The zero-order valence-corrected chi connectivity index (χ0v) is 13.9. The Kier molecular flexibility index (Phi) is 4.55. The number of sulfonamides is 1. The molecule has 7 nitrogen and oxygen atoms in total. The number of H-pyrrole nitrogens is 1. The van der Waals surface area contributed by atoms with E-state index in [2.05, 4.69) is 25.9 Å². The van der Waals surface area contributed by atoms with Crippen LogP contribution in [0.3, 0.4) is 0 Å². The van der Waals surface area contributed by atoms with Gasteiger partial charge in [0.1, 0.15) is 16.5 Å². The lowest BCUT2D eigenvalue weighted by atomic mass is 10.3. The van der Waals surface area contributed by atoms with Crippen molar-refractivity contribution in [1.29, 1.82) is 0 Å². The van der Waals surface area contributed by atoms with Gasteiger partial charge in [0.15, 0.2) is 0 Å². The number of ether oxygens (including phenoxy) is 1. The van der Waals surface area contributed by atoms with E-state index in [1.165, 1.54) is 30.6 Å². The summed E-state index contributed by atoms with van der Waals surface area (Å²) < 4.78 is 32.2. The van der Waals surface area contributed by atoms with Crippen LogP contribution in [0, 0.1) is 0 Å². The van der Waals surface area contributed by atoms with Gasteiger partial charge in [-0.15, -0.1) is 0 Å². The highest BCUT2D eigenvalue weighted by molar-refractivity contribution is 9.10. The van der Waals surface area contributed by atoms with Crippen molar-refractivity contribution >= 4 is 31.6 Å². The molecule has 0 saturated carbocycles. The van der Waals surface area contributed by atoms with Crippen molar-refractivity contribution in [3.05, 3.63) is 34.8 Å². The summed E-state index contributed by atoms with van der Waals surface area (Å²) in [5.41, 5.74) is 6.09. The molecule has 114 valence electrons. The second-order valence-corrected chi connectivity index (χ2v) is 7.19. The molecule has 0 saturated heterocycles. The zero-order chi connectivity index (χ0) is 15.6. The van der Waals surface area contributed by atoms with Crippen molar-refractivity contribution < 1.29 is 13.2 Å². The van der Waals surface area contributed by atoms with Gasteiger partial charge < -0.3 is 15.5 Å². The highest BCUT2D eigenvalue weighted by Crippen LogP contribution is 2.33. The second kappa shape index (κ2) is 6.04. The predicted octanol–water partition coefficient (Wildman–Crippen LogP) is 1.58. The van der Waals surface area contributed by atoms with Crippen molar-refractivity contribution in [2.75, 3.05) is 19.9 Å². The average molecular weight is 375 g/mol. The molecule has 2 rings (SSSR count). The summed E-state index contributed by atoms with van der Waals surface area (Å²) >= 11 is 3.24. The van der Waals surface area contributed by atoms with E-state index in [-0.39, 0.29) is 17.2 Å². The van der Waals surface area contributed by atoms with Gasteiger partial charge in [0.25, 0.3) is 0 Å². The summed E-state index contributed by atoms with van der Waals surface area (Å²) in [6.07, 6.45) is 3.20. The van der Waals surface area contributed by atoms with Crippen molar-refractivity contribution in [3.63, 3.8) is 0 Å². The number of anilines is 1. The van der Waals surface area contributed by atoms with Crippen molar-refractivity contribution in [2.45, 2.75) is 11.4 Å². The van der Waals surface area contributed by atoms with Crippen LogP contribution in [0.2, 0.25) is 0 Å². The van der Waals surface area contributed by atoms with Gasteiger partial charge in [0.2, 0.25) is 10.0 Å². The average Bonchev–Trinajstić information content (AvgIpc) is 2.94. The number of nitrogen functional groups attached to an aromatic ring is 1. The second-order valence-electron chi connectivity index (χ2n) is 4.32. The lowest BCUT2D eigenvalue weighted by Gasteiger charge is -2.18. The zero-order valence-electron chi connectivity index (χ0n) is 11.5. The fourth-order valence-corrected chi connectivity index (χ4v) is 3.38. The first kappa shape index (κ1) is 15.8. The molecule has 0 amide bonds. The predicted molar refractivity (Wildman–Crippen MR) is 82.3 cm³/mol. The molecule has 0 fully saturated rings. The van der Waals surface area contributed by atoms with Crippen molar-refractivity contribution in [1.82, 2.24) is 14.3 Å². The number of benzene rings is 1. The van der Waals surface area contributed by atoms with Crippen LogP contribution < -0.4 is 10.5 Å². The number of imidazole rings is 1. The van der Waals surface area contributed by atoms with E-state index in [9.17, 15) is 8.42 Å². The van der Waals surface area contributed by atoms with Gasteiger partial charge in [-0.1, -0.05) is 0 Å². The molecule has 21 heavy (non-hydrogen) atoms. The van der Waals surface area contributed by atoms with Crippen molar-refractivity contribution in [2.24, 2.45) is 0 Å². The Bertz CT molecular complexity index is 731. The maximum absolute atomic E-state index is 12.6. The van der Waals surface area contributed by atoms with Gasteiger partial charge >= 0.3 is 0 Å². The smallest absolute Gasteiger partial charge is 0.246 e. The van der Waals surface area contributed by atoms with E-state index in [4.69, 9.17) is 10.5 Å². The summed E-state index contributed by atoms with van der Waals surface area (Å²) in [7, 11) is -0.876. The van der Waals surface area contributed by atoms with Crippen molar-refractivity contribution in [3.8, 4) is 5.75 Å². The number of hydrogen-bond acceptors (Lipinski definition) is 5. The molecule has 1 aromatic heterocycles. The van der Waals surface area contributed by atoms with E-state index in [1.54, 1.807) is 12.4 Å². The summed E-state index contributed by atoms with van der Waals surface area (Å²) in [6.45, 7) is 0.120. The number of hydrogen-bond donors (Lipinski definition) is 2. The molecule has 0 aliphatic rings. The molecule has 0 aliphatic heterocycles. The Hall–Kier alpha value is -1.58. The number of nitrogens with two attached hydrogens (primary N) is 1. The molecule has 0 bridgehead atoms. The Morgan fingerprint density at radius 1 is 1.48 bits per heavy atom. The van der Waals surface area contributed by atoms with Crippen LogP contribution in [0.1, 0.15) is 5.82 Å². The van der Waals surface area contributed by atoms with E-state index >= 15 is 0 Å². The normalized spacial score (nSPS) is 11.8. The minimum absolute atomic E-state index is 0.0137. The lowest BCUT2D eigenvalue weighted by Crippen LogP contribution is -2.27. The topological polar surface area (TPSA) is 101 Å². The van der Waals surface area contributed by atoms with Gasteiger partial charge in [0.05, 0.1) is 13.7 Å². The SMILES string of the molecule is COc1cc(Br)c(N)cc1S(=O)(=O)N(C)Cc1ncc[nH]1. The highest BCUT2D eigenvalue weighted by Gasteiger charge is 2.26. The molecule has 3 N–H and O–H groups in total. The summed E-state index contributed by atoms with van der Waals surface area (Å²) in [5, 5.41) is 0. The number of rotatable bonds is 5. The molecule has 2 aromatic rings. The van der Waals surface area contributed by atoms with Gasteiger partial charge in [-0.3, -0.25) is 0 Å². The Labute approximate surface area is 131 Å². The molecule has 1 heterocycles. The molecule has 0 unspecified atom stereocenters.